The van der Waals surface area contributed by atoms with Gasteiger partial charge in [0.1, 0.15) is 6.04 Å². The van der Waals surface area contributed by atoms with Gasteiger partial charge in [0.15, 0.2) is 0 Å². The average Bonchev–Trinajstić information content (AvgIpc) is 2.33. The first-order valence-corrected chi connectivity index (χ1v) is 6.27. The Morgan fingerprint density at radius 3 is 2.35 bits per heavy atom. The van der Waals surface area contributed by atoms with E-state index in [2.05, 4.69) is 5.32 Å². The van der Waals surface area contributed by atoms with Crippen molar-refractivity contribution in [3.63, 3.8) is 0 Å². The lowest BCUT2D eigenvalue weighted by Crippen LogP contribution is -2.41. The molecule has 0 aliphatic carbocycles. The van der Waals surface area contributed by atoms with Crippen LogP contribution < -0.4 is 5.32 Å². The Hall–Kier alpha value is -1.79. The van der Waals surface area contributed by atoms with Crippen LogP contribution in [0, 0.1) is 0 Å². The summed E-state index contributed by atoms with van der Waals surface area (Å²) in [5.74, 6) is -3.16. The van der Waals surface area contributed by atoms with E-state index in [4.69, 9.17) is 33.4 Å². The van der Waals surface area contributed by atoms with Crippen LogP contribution in [-0.2, 0) is 9.59 Å². The van der Waals surface area contributed by atoms with Crippen LogP contribution in [0.5, 0.6) is 0 Å². The van der Waals surface area contributed by atoms with Gasteiger partial charge in [-0.2, -0.15) is 0 Å². The van der Waals surface area contributed by atoms with Gasteiger partial charge in [0.05, 0.1) is 10.6 Å². The van der Waals surface area contributed by atoms with Gasteiger partial charge in [-0.1, -0.05) is 23.2 Å². The minimum Gasteiger partial charge on any atom is -0.481 e. The molecular weight excluding hydrogens is 309 g/mol. The van der Waals surface area contributed by atoms with Gasteiger partial charge in [0, 0.05) is 11.4 Å². The molecule has 1 aromatic carbocycles. The fourth-order valence-electron chi connectivity index (χ4n) is 1.43. The average molecular weight is 320 g/mol. The van der Waals surface area contributed by atoms with E-state index in [0.29, 0.717) is 5.02 Å². The Morgan fingerprint density at radius 1 is 1.20 bits per heavy atom. The standard InChI is InChI=1S/C12H11Cl2NO5/c13-6-1-2-7(8(14)5-6)11(18)15-9(12(19)20)3-4-10(16)17/h1-2,5,9H,3-4H2,(H,15,18)(H,16,17)(H,19,20)/t9-/m0/s1. The molecule has 20 heavy (non-hydrogen) atoms. The lowest BCUT2D eigenvalue weighted by Gasteiger charge is -2.14. The molecule has 0 unspecified atom stereocenters. The van der Waals surface area contributed by atoms with Crippen LogP contribution >= 0.6 is 23.2 Å². The molecule has 3 N–H and O–H groups in total. The maximum atomic E-state index is 11.9. The highest BCUT2D eigenvalue weighted by molar-refractivity contribution is 6.36. The first-order valence-electron chi connectivity index (χ1n) is 5.51. The number of halogens is 2. The number of carbonyl (C=O) groups excluding carboxylic acids is 1. The second-order valence-electron chi connectivity index (χ2n) is 3.92. The summed E-state index contributed by atoms with van der Waals surface area (Å²) in [6, 6.07) is 2.85. The Balaban J connectivity index is 2.80. The molecule has 1 atom stereocenters. The molecule has 108 valence electrons. The van der Waals surface area contributed by atoms with Crippen molar-refractivity contribution in [2.24, 2.45) is 0 Å². The van der Waals surface area contributed by atoms with Crippen molar-refractivity contribution in [1.82, 2.24) is 5.32 Å². The van der Waals surface area contributed by atoms with Gasteiger partial charge >= 0.3 is 11.9 Å². The van der Waals surface area contributed by atoms with E-state index in [1.807, 2.05) is 0 Å². The molecule has 0 aliphatic heterocycles. The van der Waals surface area contributed by atoms with Gasteiger partial charge in [0.25, 0.3) is 5.91 Å². The third-order valence-corrected chi connectivity index (χ3v) is 2.97. The lowest BCUT2D eigenvalue weighted by molar-refractivity contribution is -0.140. The summed E-state index contributed by atoms with van der Waals surface area (Å²) in [5, 5.41) is 20.1. The Kier molecular flexibility index (Phi) is 5.79. The summed E-state index contributed by atoms with van der Waals surface area (Å²) in [7, 11) is 0. The highest BCUT2D eigenvalue weighted by atomic mass is 35.5. The van der Waals surface area contributed by atoms with Crippen molar-refractivity contribution in [2.45, 2.75) is 18.9 Å². The van der Waals surface area contributed by atoms with Gasteiger partial charge in [-0.25, -0.2) is 4.79 Å². The SMILES string of the molecule is O=C(O)CC[C@H](NC(=O)c1ccc(Cl)cc1Cl)C(=O)O. The van der Waals surface area contributed by atoms with Crippen molar-refractivity contribution in [2.75, 3.05) is 0 Å². The maximum absolute atomic E-state index is 11.9. The summed E-state index contributed by atoms with van der Waals surface area (Å²) in [5.41, 5.74) is 0.0673. The predicted octanol–water partition coefficient (Wildman–Crippen LogP) is 2.04. The molecular formula is C12H11Cl2NO5. The van der Waals surface area contributed by atoms with Gasteiger partial charge in [0.2, 0.25) is 0 Å². The number of nitrogens with one attached hydrogen (secondary N) is 1. The van der Waals surface area contributed by atoms with E-state index in [1.54, 1.807) is 0 Å². The zero-order valence-corrected chi connectivity index (χ0v) is 11.6. The van der Waals surface area contributed by atoms with Gasteiger partial charge < -0.3 is 15.5 Å². The first-order chi connectivity index (χ1) is 9.31. The highest BCUT2D eigenvalue weighted by Crippen LogP contribution is 2.21. The third-order valence-electron chi connectivity index (χ3n) is 2.43. The van der Waals surface area contributed by atoms with Gasteiger partial charge in [-0.3, -0.25) is 9.59 Å². The number of amides is 1. The molecule has 0 aliphatic rings. The van der Waals surface area contributed by atoms with Gasteiger partial charge in [-0.15, -0.1) is 0 Å². The molecule has 0 saturated heterocycles. The fourth-order valence-corrected chi connectivity index (χ4v) is 1.93. The summed E-state index contributed by atoms with van der Waals surface area (Å²) < 4.78 is 0. The Labute approximate surface area is 124 Å². The summed E-state index contributed by atoms with van der Waals surface area (Å²) in [6.07, 6.45) is -0.590. The molecule has 0 fully saturated rings. The molecule has 0 bridgehead atoms. The monoisotopic (exact) mass is 319 g/mol. The van der Waals surface area contributed by atoms with Crippen LogP contribution in [0.2, 0.25) is 10.0 Å². The molecule has 0 heterocycles. The van der Waals surface area contributed by atoms with Crippen molar-refractivity contribution < 1.29 is 24.6 Å². The van der Waals surface area contributed by atoms with Crippen molar-refractivity contribution in [3.05, 3.63) is 33.8 Å². The van der Waals surface area contributed by atoms with E-state index < -0.39 is 23.9 Å². The van der Waals surface area contributed by atoms with E-state index in [9.17, 15) is 14.4 Å². The van der Waals surface area contributed by atoms with Crippen LogP contribution in [0.3, 0.4) is 0 Å². The molecule has 1 rings (SSSR count). The fraction of sp³-hybridized carbons (Fsp3) is 0.250. The van der Waals surface area contributed by atoms with E-state index in [0.717, 1.165) is 0 Å². The van der Waals surface area contributed by atoms with E-state index in [-0.39, 0.29) is 23.4 Å². The maximum Gasteiger partial charge on any atom is 0.326 e. The third kappa shape index (κ3) is 4.71. The minimum absolute atomic E-state index is 0.0673. The molecule has 6 nitrogen and oxygen atoms in total. The smallest absolute Gasteiger partial charge is 0.326 e. The lowest BCUT2D eigenvalue weighted by atomic mass is 10.1. The quantitative estimate of drug-likeness (QED) is 0.744. The normalized spacial score (nSPS) is 11.7. The Morgan fingerprint density at radius 2 is 1.85 bits per heavy atom. The number of benzene rings is 1. The topological polar surface area (TPSA) is 104 Å². The molecule has 0 saturated carbocycles. The van der Waals surface area contributed by atoms with Crippen LogP contribution in [0.1, 0.15) is 23.2 Å². The second kappa shape index (κ2) is 7.12. The number of carbonyl (C=O) groups is 3. The number of hydrogen-bond acceptors (Lipinski definition) is 3. The summed E-state index contributed by atoms with van der Waals surface area (Å²) in [6.45, 7) is 0. The minimum atomic E-state index is -1.32. The summed E-state index contributed by atoms with van der Waals surface area (Å²) >= 11 is 11.5. The molecule has 1 amide bonds. The molecule has 0 spiro atoms. The van der Waals surface area contributed by atoms with E-state index >= 15 is 0 Å². The number of carboxylic acid groups (broad SMARTS) is 2. The van der Waals surface area contributed by atoms with Crippen LogP contribution in [0.4, 0.5) is 0 Å². The largest absolute Gasteiger partial charge is 0.481 e. The van der Waals surface area contributed by atoms with Crippen molar-refractivity contribution in [3.8, 4) is 0 Å². The Bertz CT molecular complexity index is 547. The zero-order valence-electron chi connectivity index (χ0n) is 10.1. The zero-order chi connectivity index (χ0) is 15.3. The van der Waals surface area contributed by atoms with Crippen LogP contribution in [0.25, 0.3) is 0 Å². The number of rotatable bonds is 6. The van der Waals surface area contributed by atoms with E-state index in [1.165, 1.54) is 18.2 Å². The van der Waals surface area contributed by atoms with Crippen LogP contribution in [0.15, 0.2) is 18.2 Å². The predicted molar refractivity (Wildman–Crippen MR) is 72.2 cm³/mol. The van der Waals surface area contributed by atoms with Gasteiger partial charge in [-0.05, 0) is 24.6 Å². The highest BCUT2D eigenvalue weighted by Gasteiger charge is 2.22. The summed E-state index contributed by atoms with van der Waals surface area (Å²) in [4.78, 5) is 33.3. The molecule has 0 radical (unpaired) electrons. The molecule has 8 heteroatoms. The van der Waals surface area contributed by atoms with Crippen LogP contribution in [-0.4, -0.2) is 34.1 Å². The number of hydrogen-bond donors (Lipinski definition) is 3. The number of carboxylic acids is 2. The first kappa shape index (κ1) is 16.3. The van der Waals surface area contributed by atoms with Crippen molar-refractivity contribution in [1.29, 1.82) is 0 Å². The van der Waals surface area contributed by atoms with Crippen molar-refractivity contribution >= 4 is 41.0 Å². The molecule has 0 aromatic heterocycles. The second-order valence-corrected chi connectivity index (χ2v) is 4.76. The number of aliphatic carboxylic acids is 2. The molecule has 1 aromatic rings.